The fourth-order valence-corrected chi connectivity index (χ4v) is 4.34. The Morgan fingerprint density at radius 3 is 2.74 bits per heavy atom. The van der Waals surface area contributed by atoms with Crippen molar-refractivity contribution in [3.63, 3.8) is 0 Å². The summed E-state index contributed by atoms with van der Waals surface area (Å²) in [5.41, 5.74) is 2.72. The lowest BCUT2D eigenvalue weighted by Crippen LogP contribution is -2.20. The third kappa shape index (κ3) is 5.38. The number of methoxy groups -OCH3 is 1. The van der Waals surface area contributed by atoms with E-state index >= 15 is 0 Å². The molecule has 2 aromatic heterocycles. The van der Waals surface area contributed by atoms with Crippen molar-refractivity contribution in [3.05, 3.63) is 95.8 Å². The number of hydrogen-bond donors (Lipinski definition) is 2. The lowest BCUT2D eigenvalue weighted by atomic mass is 10.1. The molecule has 4 rings (SSSR count). The van der Waals surface area contributed by atoms with Gasteiger partial charge in [-0.2, -0.15) is 0 Å². The molecule has 6 nitrogen and oxygen atoms in total. The molecule has 0 saturated carbocycles. The molecule has 34 heavy (non-hydrogen) atoms. The number of nitrogens with zero attached hydrogens (tertiary/aromatic N) is 2. The summed E-state index contributed by atoms with van der Waals surface area (Å²) in [4.78, 5) is 22.6. The zero-order valence-electron chi connectivity index (χ0n) is 19.2. The number of pyridine rings is 2. The summed E-state index contributed by atoms with van der Waals surface area (Å²) < 4.78 is 5.30. The maximum atomic E-state index is 13.2. The van der Waals surface area contributed by atoms with Crippen molar-refractivity contribution in [1.82, 2.24) is 15.3 Å². The zero-order valence-corrected chi connectivity index (χ0v) is 20.0. The number of aromatic nitrogens is 2. The Labute approximate surface area is 203 Å². The number of thioether (sulfide) groups is 1. The van der Waals surface area contributed by atoms with Crippen LogP contribution in [0, 0.1) is 0 Å². The Kier molecular flexibility index (Phi) is 7.44. The highest BCUT2D eigenvalue weighted by atomic mass is 32.2. The third-order valence-electron chi connectivity index (χ3n) is 5.35. The number of ether oxygens (including phenoxy) is 1. The lowest BCUT2D eigenvalue weighted by molar-refractivity contribution is -0.112. The van der Waals surface area contributed by atoms with Crippen molar-refractivity contribution < 1.29 is 9.53 Å². The fraction of sp³-hybridized carbons (Fsp3) is 0.148. The van der Waals surface area contributed by atoms with Gasteiger partial charge in [-0.3, -0.25) is 9.78 Å². The second-order valence-electron chi connectivity index (χ2n) is 7.63. The number of carbonyl (C=O) groups is 1. The summed E-state index contributed by atoms with van der Waals surface area (Å²) in [6.07, 6.45) is 5.33. The molecule has 0 unspecified atom stereocenters. The highest BCUT2D eigenvalue weighted by Crippen LogP contribution is 2.25. The molecule has 0 fully saturated rings. The van der Waals surface area contributed by atoms with Gasteiger partial charge in [0, 0.05) is 47.2 Å². The minimum Gasteiger partial charge on any atom is -0.497 e. The van der Waals surface area contributed by atoms with Crippen LogP contribution in [0.4, 0.5) is 5.82 Å². The second kappa shape index (κ2) is 10.9. The Morgan fingerprint density at radius 2 is 1.94 bits per heavy atom. The summed E-state index contributed by atoms with van der Waals surface area (Å²) in [5, 5.41) is 9.43. The fourth-order valence-electron chi connectivity index (χ4n) is 3.59. The molecular formula is C27H26N4O2S. The van der Waals surface area contributed by atoms with E-state index in [2.05, 4.69) is 27.2 Å². The number of fused-ring (bicyclic) bond motifs is 2. The maximum Gasteiger partial charge on any atom is 0.264 e. The van der Waals surface area contributed by atoms with Crippen molar-refractivity contribution in [2.45, 2.75) is 13.5 Å². The van der Waals surface area contributed by atoms with Crippen LogP contribution in [0.2, 0.25) is 0 Å². The molecule has 172 valence electrons. The average molecular weight is 471 g/mol. The molecule has 2 aromatic carbocycles. The molecule has 0 radical (unpaired) electrons. The van der Waals surface area contributed by atoms with Gasteiger partial charge in [0.25, 0.3) is 5.91 Å². The highest BCUT2D eigenvalue weighted by Gasteiger charge is 2.15. The number of amides is 1. The zero-order chi connectivity index (χ0) is 23.9. The molecule has 7 heteroatoms. The van der Waals surface area contributed by atoms with Crippen LogP contribution in [0.5, 0.6) is 5.75 Å². The van der Waals surface area contributed by atoms with E-state index in [1.165, 1.54) is 11.8 Å². The first-order chi connectivity index (χ1) is 16.6. The van der Waals surface area contributed by atoms with E-state index in [1.54, 1.807) is 25.6 Å². The van der Waals surface area contributed by atoms with Gasteiger partial charge in [-0.15, -0.1) is 18.3 Å². The van der Waals surface area contributed by atoms with Crippen molar-refractivity contribution in [1.29, 1.82) is 0 Å². The number of allylic oxidation sites excluding steroid dienone is 1. The van der Waals surface area contributed by atoms with Crippen molar-refractivity contribution >= 4 is 45.2 Å². The van der Waals surface area contributed by atoms with Crippen LogP contribution in [0.15, 0.2) is 90.2 Å². The van der Waals surface area contributed by atoms with Crippen LogP contribution in [-0.2, 0) is 11.3 Å². The number of anilines is 1. The number of rotatable bonds is 9. The first-order valence-corrected chi connectivity index (χ1v) is 11.8. The monoisotopic (exact) mass is 470 g/mol. The standard InChI is InChI=1S/C27H26N4O2S/c1-4-13-34-26(27(32)31-25-14-19-7-5-6-8-20(19)16-30-25)18(2)29-17-21-11-12-28-24-15-22(33-3)9-10-23(21)24/h4-12,14-16,29H,1,13,17H2,2-3H3,(H,30,31,32)/b26-18+. The lowest BCUT2D eigenvalue weighted by Gasteiger charge is -2.15. The normalized spacial score (nSPS) is 11.7. The molecule has 0 bridgehead atoms. The molecule has 4 aromatic rings. The van der Waals surface area contributed by atoms with Crippen LogP contribution in [0.1, 0.15) is 12.5 Å². The molecule has 0 saturated heterocycles. The Bertz CT molecular complexity index is 1380. The van der Waals surface area contributed by atoms with Crippen molar-refractivity contribution in [2.75, 3.05) is 18.2 Å². The average Bonchev–Trinajstić information content (AvgIpc) is 2.87. The predicted octanol–water partition coefficient (Wildman–Crippen LogP) is 5.67. The number of nitrogens with one attached hydrogen (secondary N) is 2. The Hall–Kier alpha value is -3.84. The summed E-state index contributed by atoms with van der Waals surface area (Å²) in [6.45, 7) is 6.25. The van der Waals surface area contributed by atoms with Crippen LogP contribution in [-0.4, -0.2) is 28.7 Å². The van der Waals surface area contributed by atoms with Gasteiger partial charge in [-0.25, -0.2) is 4.98 Å². The van der Waals surface area contributed by atoms with Gasteiger partial charge in [0.15, 0.2) is 0 Å². The third-order valence-corrected chi connectivity index (χ3v) is 6.53. The Balaban J connectivity index is 1.54. The Morgan fingerprint density at radius 1 is 1.12 bits per heavy atom. The van der Waals surface area contributed by atoms with Crippen LogP contribution < -0.4 is 15.4 Å². The minimum atomic E-state index is -0.205. The SMILES string of the molecule is C=CCS/C(C(=O)Nc1cc2ccccc2cn1)=C(\C)NCc1ccnc2cc(OC)ccc12. The van der Waals surface area contributed by atoms with E-state index < -0.39 is 0 Å². The first kappa shape index (κ1) is 23.3. The molecule has 0 aliphatic heterocycles. The minimum absolute atomic E-state index is 0.205. The number of carbonyl (C=O) groups excluding carboxylic acids is 1. The summed E-state index contributed by atoms with van der Waals surface area (Å²) in [7, 11) is 1.64. The quantitative estimate of drug-likeness (QED) is 0.242. The molecule has 0 aliphatic carbocycles. The molecule has 2 heterocycles. The van der Waals surface area contributed by atoms with Crippen LogP contribution >= 0.6 is 11.8 Å². The van der Waals surface area contributed by atoms with Gasteiger partial charge in [0.05, 0.1) is 17.5 Å². The summed E-state index contributed by atoms with van der Waals surface area (Å²) in [6, 6.07) is 17.6. The van der Waals surface area contributed by atoms with Gasteiger partial charge in [-0.05, 0) is 42.1 Å². The van der Waals surface area contributed by atoms with Gasteiger partial charge in [0.2, 0.25) is 0 Å². The highest BCUT2D eigenvalue weighted by molar-refractivity contribution is 8.04. The summed E-state index contributed by atoms with van der Waals surface area (Å²) in [5.74, 6) is 1.69. The van der Waals surface area contributed by atoms with Crippen molar-refractivity contribution in [2.24, 2.45) is 0 Å². The predicted molar refractivity (Wildman–Crippen MR) is 141 cm³/mol. The second-order valence-corrected chi connectivity index (χ2v) is 8.66. The van der Waals surface area contributed by atoms with Crippen molar-refractivity contribution in [3.8, 4) is 5.75 Å². The first-order valence-electron chi connectivity index (χ1n) is 10.8. The van der Waals surface area contributed by atoms with E-state index in [4.69, 9.17) is 4.74 Å². The summed E-state index contributed by atoms with van der Waals surface area (Å²) >= 11 is 1.43. The van der Waals surface area contributed by atoms with Crippen LogP contribution in [0.25, 0.3) is 21.7 Å². The van der Waals surface area contributed by atoms with Gasteiger partial charge in [0.1, 0.15) is 11.6 Å². The van der Waals surface area contributed by atoms with E-state index in [1.807, 2.05) is 61.5 Å². The largest absolute Gasteiger partial charge is 0.497 e. The van der Waals surface area contributed by atoms with E-state index in [0.29, 0.717) is 23.0 Å². The van der Waals surface area contributed by atoms with E-state index in [-0.39, 0.29) is 5.91 Å². The molecule has 0 spiro atoms. The van der Waals surface area contributed by atoms with Gasteiger partial charge in [-0.1, -0.05) is 30.3 Å². The van der Waals surface area contributed by atoms with E-state index in [0.717, 1.165) is 38.7 Å². The molecule has 0 aliphatic rings. The molecular weight excluding hydrogens is 444 g/mol. The number of hydrogen-bond acceptors (Lipinski definition) is 6. The molecule has 2 N–H and O–H groups in total. The topological polar surface area (TPSA) is 76.1 Å². The van der Waals surface area contributed by atoms with Crippen LogP contribution in [0.3, 0.4) is 0 Å². The number of benzene rings is 2. The maximum absolute atomic E-state index is 13.2. The molecule has 1 amide bonds. The van der Waals surface area contributed by atoms with Gasteiger partial charge < -0.3 is 15.4 Å². The van der Waals surface area contributed by atoms with E-state index in [9.17, 15) is 4.79 Å². The van der Waals surface area contributed by atoms with Gasteiger partial charge >= 0.3 is 0 Å². The smallest absolute Gasteiger partial charge is 0.264 e. The molecule has 0 atom stereocenters.